The Labute approximate surface area is 179 Å². The summed E-state index contributed by atoms with van der Waals surface area (Å²) >= 11 is 1.27. The van der Waals surface area contributed by atoms with Gasteiger partial charge in [-0.3, -0.25) is 9.59 Å². The van der Waals surface area contributed by atoms with Crippen LogP contribution in [-0.2, 0) is 16.2 Å². The van der Waals surface area contributed by atoms with Crippen molar-refractivity contribution in [1.82, 2.24) is 0 Å². The zero-order valence-corrected chi connectivity index (χ0v) is 17.1. The van der Waals surface area contributed by atoms with Crippen molar-refractivity contribution in [2.24, 2.45) is 5.73 Å². The molecule has 2 amide bonds. The Balaban J connectivity index is 1.47. The fourth-order valence-electron chi connectivity index (χ4n) is 2.55. The van der Waals surface area contributed by atoms with Crippen molar-refractivity contribution in [3.63, 3.8) is 0 Å². The molecule has 0 radical (unpaired) electrons. The highest BCUT2D eigenvalue weighted by atomic mass is 32.2. The first-order chi connectivity index (χ1) is 14.6. The van der Waals surface area contributed by atoms with Gasteiger partial charge in [0.2, 0.25) is 5.91 Å². The number of hydrogen-bond donors (Lipinski definition) is 2. The highest BCUT2D eigenvalue weighted by Crippen LogP contribution is 2.26. The molecular formula is C23H22N2O4S. The van der Waals surface area contributed by atoms with Gasteiger partial charge in [0.05, 0.1) is 11.4 Å². The molecule has 3 N–H and O–H groups in total. The van der Waals surface area contributed by atoms with Gasteiger partial charge in [-0.25, -0.2) is 0 Å². The van der Waals surface area contributed by atoms with Gasteiger partial charge < -0.3 is 20.5 Å². The predicted octanol–water partition coefficient (Wildman–Crippen LogP) is 3.86. The largest absolute Gasteiger partial charge is 0.489 e. The molecule has 3 aromatic rings. The molecule has 154 valence electrons. The Hall–Kier alpha value is -3.45. The third kappa shape index (κ3) is 6.86. The molecule has 0 saturated heterocycles. The number of amides is 2. The third-order valence-corrected chi connectivity index (χ3v) is 5.07. The Morgan fingerprint density at radius 3 is 2.17 bits per heavy atom. The summed E-state index contributed by atoms with van der Waals surface area (Å²) in [7, 11) is 0. The van der Waals surface area contributed by atoms with Crippen LogP contribution in [0.3, 0.4) is 0 Å². The lowest BCUT2D eigenvalue weighted by molar-refractivity contribution is -0.118. The van der Waals surface area contributed by atoms with Gasteiger partial charge in [0.1, 0.15) is 18.1 Å². The minimum Gasteiger partial charge on any atom is -0.489 e. The average Bonchev–Trinajstić information content (AvgIpc) is 2.77. The zero-order valence-electron chi connectivity index (χ0n) is 16.2. The molecule has 7 heteroatoms. The van der Waals surface area contributed by atoms with Crippen LogP contribution in [-0.4, -0.2) is 24.2 Å². The van der Waals surface area contributed by atoms with Crippen molar-refractivity contribution in [3.05, 3.63) is 84.4 Å². The SMILES string of the molecule is NC(=O)CSc1ccccc1NC(=O)COc1ccc(OCc2ccccc2)cc1. The highest BCUT2D eigenvalue weighted by Gasteiger charge is 2.09. The number of para-hydroxylation sites is 1. The summed E-state index contributed by atoms with van der Waals surface area (Å²) in [6, 6.07) is 24.2. The lowest BCUT2D eigenvalue weighted by Crippen LogP contribution is -2.20. The number of ether oxygens (including phenoxy) is 2. The van der Waals surface area contributed by atoms with Gasteiger partial charge in [0.25, 0.3) is 5.91 Å². The second-order valence-corrected chi connectivity index (χ2v) is 7.35. The minimum absolute atomic E-state index is 0.140. The number of benzene rings is 3. The van der Waals surface area contributed by atoms with E-state index in [0.29, 0.717) is 18.0 Å². The van der Waals surface area contributed by atoms with Crippen LogP contribution in [0.25, 0.3) is 0 Å². The quantitative estimate of drug-likeness (QED) is 0.484. The molecular weight excluding hydrogens is 400 g/mol. The lowest BCUT2D eigenvalue weighted by atomic mass is 10.2. The molecule has 0 aliphatic carbocycles. The van der Waals surface area contributed by atoms with Crippen LogP contribution in [0.5, 0.6) is 11.5 Å². The van der Waals surface area contributed by atoms with E-state index in [1.807, 2.05) is 42.5 Å². The Bertz CT molecular complexity index is 978. The van der Waals surface area contributed by atoms with Gasteiger partial charge in [-0.05, 0) is 42.0 Å². The predicted molar refractivity (Wildman–Crippen MR) is 118 cm³/mol. The van der Waals surface area contributed by atoms with Crippen LogP contribution >= 0.6 is 11.8 Å². The molecule has 0 atom stereocenters. The number of nitrogens with two attached hydrogens (primary N) is 1. The molecule has 0 aliphatic rings. The number of rotatable bonds is 10. The standard InChI is InChI=1S/C23H22N2O4S/c24-22(26)16-30-21-9-5-4-8-20(21)25-23(27)15-29-19-12-10-18(11-13-19)28-14-17-6-2-1-3-7-17/h1-13H,14-16H2,(H2,24,26)(H,25,27). The molecule has 0 saturated carbocycles. The number of anilines is 1. The molecule has 0 aromatic heterocycles. The van der Waals surface area contributed by atoms with E-state index in [4.69, 9.17) is 15.2 Å². The van der Waals surface area contributed by atoms with Gasteiger partial charge in [0.15, 0.2) is 6.61 Å². The van der Waals surface area contributed by atoms with Crippen molar-refractivity contribution in [2.45, 2.75) is 11.5 Å². The topological polar surface area (TPSA) is 90.7 Å². The summed E-state index contributed by atoms with van der Waals surface area (Å²) in [5.74, 6) is 0.707. The van der Waals surface area contributed by atoms with Crippen molar-refractivity contribution in [3.8, 4) is 11.5 Å². The molecule has 0 bridgehead atoms. The number of carbonyl (C=O) groups is 2. The smallest absolute Gasteiger partial charge is 0.262 e. The summed E-state index contributed by atoms with van der Waals surface area (Å²) in [6.07, 6.45) is 0. The number of hydrogen-bond acceptors (Lipinski definition) is 5. The molecule has 30 heavy (non-hydrogen) atoms. The first-order valence-electron chi connectivity index (χ1n) is 9.30. The molecule has 0 unspecified atom stereocenters. The van der Waals surface area contributed by atoms with E-state index in [0.717, 1.165) is 16.2 Å². The summed E-state index contributed by atoms with van der Waals surface area (Å²) < 4.78 is 11.3. The molecule has 0 spiro atoms. The number of carbonyl (C=O) groups excluding carboxylic acids is 2. The lowest BCUT2D eigenvalue weighted by Gasteiger charge is -2.11. The van der Waals surface area contributed by atoms with Crippen LogP contribution in [0.4, 0.5) is 5.69 Å². The monoisotopic (exact) mass is 422 g/mol. The molecule has 6 nitrogen and oxygen atoms in total. The van der Waals surface area contributed by atoms with Crippen molar-refractivity contribution >= 4 is 29.3 Å². The molecule has 0 heterocycles. The second kappa shape index (κ2) is 10.9. The van der Waals surface area contributed by atoms with Gasteiger partial charge in [0, 0.05) is 4.90 Å². The van der Waals surface area contributed by atoms with E-state index in [1.165, 1.54) is 11.8 Å². The fourth-order valence-corrected chi connectivity index (χ4v) is 3.30. The van der Waals surface area contributed by atoms with Gasteiger partial charge >= 0.3 is 0 Å². The Morgan fingerprint density at radius 2 is 1.47 bits per heavy atom. The van der Waals surface area contributed by atoms with E-state index in [2.05, 4.69) is 5.32 Å². The molecule has 3 aromatic carbocycles. The van der Waals surface area contributed by atoms with E-state index in [-0.39, 0.29) is 18.3 Å². The number of primary amides is 1. The summed E-state index contributed by atoms with van der Waals surface area (Å²) in [5.41, 5.74) is 6.89. The summed E-state index contributed by atoms with van der Waals surface area (Å²) in [4.78, 5) is 24.0. The summed E-state index contributed by atoms with van der Waals surface area (Å²) in [6.45, 7) is 0.343. The van der Waals surface area contributed by atoms with Crippen LogP contribution in [0, 0.1) is 0 Å². The maximum Gasteiger partial charge on any atom is 0.262 e. The molecule has 3 rings (SSSR count). The highest BCUT2D eigenvalue weighted by molar-refractivity contribution is 8.00. The van der Waals surface area contributed by atoms with E-state index < -0.39 is 5.91 Å². The van der Waals surface area contributed by atoms with Crippen LogP contribution < -0.4 is 20.5 Å². The van der Waals surface area contributed by atoms with Crippen molar-refractivity contribution < 1.29 is 19.1 Å². The first-order valence-corrected chi connectivity index (χ1v) is 10.3. The van der Waals surface area contributed by atoms with Gasteiger partial charge in [-0.1, -0.05) is 42.5 Å². The Morgan fingerprint density at radius 1 is 0.833 bits per heavy atom. The molecule has 0 aliphatic heterocycles. The van der Waals surface area contributed by atoms with Crippen LogP contribution in [0.15, 0.2) is 83.8 Å². The van der Waals surface area contributed by atoms with Gasteiger partial charge in [-0.2, -0.15) is 0 Å². The van der Waals surface area contributed by atoms with E-state index in [9.17, 15) is 9.59 Å². The van der Waals surface area contributed by atoms with Crippen molar-refractivity contribution in [1.29, 1.82) is 0 Å². The first kappa shape index (κ1) is 21.3. The van der Waals surface area contributed by atoms with Crippen molar-refractivity contribution in [2.75, 3.05) is 17.7 Å². The normalized spacial score (nSPS) is 10.3. The van der Waals surface area contributed by atoms with Crippen LogP contribution in [0.1, 0.15) is 5.56 Å². The number of thioether (sulfide) groups is 1. The zero-order chi connectivity index (χ0) is 21.2. The summed E-state index contributed by atoms with van der Waals surface area (Å²) in [5, 5.41) is 2.79. The van der Waals surface area contributed by atoms with Gasteiger partial charge in [-0.15, -0.1) is 11.8 Å². The average molecular weight is 423 g/mol. The van der Waals surface area contributed by atoms with E-state index in [1.54, 1.807) is 36.4 Å². The maximum atomic E-state index is 12.2. The third-order valence-electron chi connectivity index (χ3n) is 3.97. The Kier molecular flexibility index (Phi) is 7.74. The second-order valence-electron chi connectivity index (χ2n) is 6.33. The van der Waals surface area contributed by atoms with E-state index >= 15 is 0 Å². The number of nitrogens with one attached hydrogen (secondary N) is 1. The fraction of sp³-hybridized carbons (Fsp3) is 0.130. The van der Waals surface area contributed by atoms with Crippen LogP contribution in [0.2, 0.25) is 0 Å². The maximum absolute atomic E-state index is 12.2. The minimum atomic E-state index is -0.416. The molecule has 0 fully saturated rings.